The van der Waals surface area contributed by atoms with Crippen LogP contribution in [0, 0.1) is 23.7 Å². The second-order valence-corrected chi connectivity index (χ2v) is 5.00. The van der Waals surface area contributed by atoms with Crippen molar-refractivity contribution in [1.82, 2.24) is 0 Å². The number of esters is 1. The van der Waals surface area contributed by atoms with Gasteiger partial charge in [-0.05, 0) is 18.3 Å². The van der Waals surface area contributed by atoms with Crippen molar-refractivity contribution in [3.05, 3.63) is 23.8 Å². The van der Waals surface area contributed by atoms with Crippen LogP contribution in [0.15, 0.2) is 23.8 Å². The molecule has 0 aliphatic heterocycles. The number of hydrogen-bond acceptors (Lipinski definition) is 3. The zero-order valence-corrected chi connectivity index (χ0v) is 9.89. The van der Waals surface area contributed by atoms with Gasteiger partial charge in [-0.25, -0.2) is 0 Å². The summed E-state index contributed by atoms with van der Waals surface area (Å²) in [6.45, 7) is 3.35. The number of allylic oxidation sites excluding steroid dienone is 2. The van der Waals surface area contributed by atoms with Gasteiger partial charge in [0.25, 0.3) is 0 Å². The van der Waals surface area contributed by atoms with Crippen molar-refractivity contribution >= 4 is 23.5 Å². The predicted octanol–water partition coefficient (Wildman–Crippen LogP) is 1.80. The van der Waals surface area contributed by atoms with Crippen molar-refractivity contribution in [3.63, 3.8) is 0 Å². The minimum Gasteiger partial charge on any atom is -0.481 e. The summed E-state index contributed by atoms with van der Waals surface area (Å²) in [4.78, 5) is 23.0. The zero-order valence-electron chi connectivity index (χ0n) is 9.14. The van der Waals surface area contributed by atoms with Crippen molar-refractivity contribution in [3.8, 4) is 0 Å². The molecule has 0 saturated heterocycles. The number of fused-ring (bicyclic) bond motifs is 2. The molecule has 0 heterocycles. The van der Waals surface area contributed by atoms with Crippen LogP contribution in [0.2, 0.25) is 0 Å². The summed E-state index contributed by atoms with van der Waals surface area (Å²) in [6.07, 6.45) is 4.51. The maximum absolute atomic E-state index is 11.8. The van der Waals surface area contributed by atoms with Crippen LogP contribution in [0.4, 0.5) is 0 Å². The Kier molecular flexibility index (Phi) is 3.24. The van der Waals surface area contributed by atoms with Gasteiger partial charge in [0, 0.05) is 5.03 Å². The number of carbonyl (C=O) groups excluding carboxylic acids is 1. The third kappa shape index (κ3) is 2.22. The number of carboxylic acids is 1. The molecule has 92 valence electrons. The first-order valence-corrected chi connectivity index (χ1v) is 5.79. The van der Waals surface area contributed by atoms with Crippen molar-refractivity contribution < 1.29 is 19.4 Å². The van der Waals surface area contributed by atoms with Gasteiger partial charge in [0.2, 0.25) is 0 Å². The van der Waals surface area contributed by atoms with Crippen LogP contribution >= 0.6 is 11.6 Å². The summed E-state index contributed by atoms with van der Waals surface area (Å²) in [5.74, 6) is -2.74. The molecular weight excluding hydrogens is 244 g/mol. The van der Waals surface area contributed by atoms with Crippen molar-refractivity contribution in [2.75, 3.05) is 6.61 Å². The Morgan fingerprint density at radius 2 is 1.94 bits per heavy atom. The third-order valence-electron chi connectivity index (χ3n) is 3.39. The average molecular weight is 257 g/mol. The second kappa shape index (κ2) is 4.53. The van der Waals surface area contributed by atoms with E-state index in [0.717, 1.165) is 6.42 Å². The fourth-order valence-electron chi connectivity index (χ4n) is 2.73. The van der Waals surface area contributed by atoms with Gasteiger partial charge in [-0.2, -0.15) is 0 Å². The molecule has 0 aromatic heterocycles. The van der Waals surface area contributed by atoms with Gasteiger partial charge < -0.3 is 9.84 Å². The first-order valence-electron chi connectivity index (χ1n) is 5.41. The van der Waals surface area contributed by atoms with E-state index in [2.05, 4.69) is 6.58 Å². The van der Waals surface area contributed by atoms with Crippen LogP contribution in [0.3, 0.4) is 0 Å². The van der Waals surface area contributed by atoms with Gasteiger partial charge in [-0.1, -0.05) is 30.3 Å². The van der Waals surface area contributed by atoms with Crippen LogP contribution in [0.1, 0.15) is 6.42 Å². The first-order chi connectivity index (χ1) is 8.00. The minimum atomic E-state index is -0.937. The van der Waals surface area contributed by atoms with E-state index in [-0.39, 0.29) is 23.5 Å². The molecule has 2 rings (SSSR count). The van der Waals surface area contributed by atoms with E-state index in [1.54, 1.807) is 0 Å². The van der Waals surface area contributed by atoms with Crippen LogP contribution < -0.4 is 0 Å². The summed E-state index contributed by atoms with van der Waals surface area (Å²) in [7, 11) is 0. The smallest absolute Gasteiger partial charge is 0.310 e. The highest BCUT2D eigenvalue weighted by Gasteiger charge is 2.52. The van der Waals surface area contributed by atoms with Gasteiger partial charge in [0.1, 0.15) is 6.61 Å². The maximum atomic E-state index is 11.8. The number of rotatable bonds is 4. The summed E-state index contributed by atoms with van der Waals surface area (Å²) in [5.41, 5.74) is 0. The van der Waals surface area contributed by atoms with E-state index in [1.165, 1.54) is 0 Å². The molecule has 17 heavy (non-hydrogen) atoms. The Labute approximate surface area is 104 Å². The number of hydrogen-bond donors (Lipinski definition) is 1. The minimum absolute atomic E-state index is 0.0165. The lowest BCUT2D eigenvalue weighted by Crippen LogP contribution is -2.34. The van der Waals surface area contributed by atoms with Crippen LogP contribution in [0.25, 0.3) is 0 Å². The molecule has 2 aliphatic rings. The summed E-state index contributed by atoms with van der Waals surface area (Å²) in [6, 6.07) is 0. The molecule has 0 aromatic rings. The second-order valence-electron chi connectivity index (χ2n) is 4.46. The monoisotopic (exact) mass is 256 g/mol. The number of carbonyl (C=O) groups is 2. The molecule has 4 atom stereocenters. The first kappa shape index (κ1) is 12.2. The topological polar surface area (TPSA) is 63.6 Å². The quantitative estimate of drug-likeness (QED) is 0.615. The van der Waals surface area contributed by atoms with E-state index in [0.29, 0.717) is 0 Å². The fourth-order valence-corrected chi connectivity index (χ4v) is 2.78. The summed E-state index contributed by atoms with van der Waals surface area (Å²) in [5, 5.41) is 9.37. The Bertz CT molecular complexity index is 401. The average Bonchev–Trinajstić information content (AvgIpc) is 2.84. The zero-order chi connectivity index (χ0) is 12.6. The van der Waals surface area contributed by atoms with E-state index in [1.807, 2.05) is 12.2 Å². The molecule has 0 radical (unpaired) electrons. The molecule has 1 fully saturated rings. The van der Waals surface area contributed by atoms with Gasteiger partial charge in [0.15, 0.2) is 0 Å². The van der Waals surface area contributed by atoms with E-state index >= 15 is 0 Å². The van der Waals surface area contributed by atoms with Crippen molar-refractivity contribution in [1.29, 1.82) is 0 Å². The molecular formula is C12H13ClO4. The van der Waals surface area contributed by atoms with Crippen LogP contribution in [-0.2, 0) is 14.3 Å². The highest BCUT2D eigenvalue weighted by atomic mass is 35.5. The van der Waals surface area contributed by atoms with Crippen molar-refractivity contribution in [2.24, 2.45) is 23.7 Å². The Morgan fingerprint density at radius 1 is 1.35 bits per heavy atom. The van der Waals surface area contributed by atoms with E-state index in [4.69, 9.17) is 21.4 Å². The highest BCUT2D eigenvalue weighted by molar-refractivity contribution is 6.29. The van der Waals surface area contributed by atoms with Gasteiger partial charge in [-0.3, -0.25) is 9.59 Å². The Hall–Kier alpha value is -1.29. The lowest BCUT2D eigenvalue weighted by Gasteiger charge is -2.22. The molecule has 0 aromatic carbocycles. The van der Waals surface area contributed by atoms with E-state index < -0.39 is 23.8 Å². The van der Waals surface area contributed by atoms with Gasteiger partial charge >= 0.3 is 11.9 Å². The summed E-state index contributed by atoms with van der Waals surface area (Å²) >= 11 is 5.50. The molecule has 2 bridgehead atoms. The summed E-state index contributed by atoms with van der Waals surface area (Å²) < 4.78 is 4.95. The third-order valence-corrected chi connectivity index (χ3v) is 3.50. The highest BCUT2D eigenvalue weighted by Crippen LogP contribution is 2.48. The number of ether oxygens (including phenoxy) is 1. The lowest BCUT2D eigenvalue weighted by molar-refractivity contribution is -0.157. The largest absolute Gasteiger partial charge is 0.481 e. The lowest BCUT2D eigenvalue weighted by atomic mass is 9.83. The Balaban J connectivity index is 2.08. The van der Waals surface area contributed by atoms with Crippen LogP contribution in [-0.4, -0.2) is 23.7 Å². The fraction of sp³-hybridized carbons (Fsp3) is 0.500. The molecule has 2 aliphatic carbocycles. The molecule has 0 amide bonds. The van der Waals surface area contributed by atoms with E-state index in [9.17, 15) is 9.59 Å². The molecule has 5 heteroatoms. The number of carboxylic acid groups (broad SMARTS) is 1. The Morgan fingerprint density at radius 3 is 2.47 bits per heavy atom. The maximum Gasteiger partial charge on any atom is 0.310 e. The molecule has 3 unspecified atom stereocenters. The number of halogens is 1. The molecule has 4 nitrogen and oxygen atoms in total. The van der Waals surface area contributed by atoms with Crippen molar-refractivity contribution in [2.45, 2.75) is 6.42 Å². The van der Waals surface area contributed by atoms with Gasteiger partial charge in [-0.15, -0.1) is 0 Å². The normalized spacial score (nSPS) is 33.7. The predicted molar refractivity (Wildman–Crippen MR) is 61.3 cm³/mol. The standard InChI is InChI=1S/C12H13ClO4/c1-6(13)5-17-12(16)10-8-3-2-7(4-8)9(10)11(14)15/h2-3,7-10H,1,4-5H2,(H,14,15)/t7?,8?,9?,10-/m0/s1. The molecule has 1 N–H and O–H groups in total. The SMILES string of the molecule is C=C(Cl)COC(=O)[C@H]1C2C=CC(C2)C1C(=O)O. The van der Waals surface area contributed by atoms with Gasteiger partial charge in [0.05, 0.1) is 11.8 Å². The number of aliphatic carboxylic acids is 1. The molecule has 1 saturated carbocycles. The molecule has 0 spiro atoms. The van der Waals surface area contributed by atoms with Crippen LogP contribution in [0.5, 0.6) is 0 Å².